The molecule has 0 unspecified atom stereocenters. The van der Waals surface area contributed by atoms with Gasteiger partial charge in [-0.25, -0.2) is 0 Å². The average molecular weight is 207 g/mol. The van der Waals surface area contributed by atoms with E-state index in [-0.39, 0.29) is 11.5 Å². The zero-order chi connectivity index (χ0) is 10.7. The summed E-state index contributed by atoms with van der Waals surface area (Å²) in [5.74, 6) is 1.42. The summed E-state index contributed by atoms with van der Waals surface area (Å²) in [7, 11) is 0. The second-order valence-corrected chi connectivity index (χ2v) is 4.39. The summed E-state index contributed by atoms with van der Waals surface area (Å²) in [6.07, 6.45) is 6.54. The van der Waals surface area contributed by atoms with E-state index in [1.165, 1.54) is 25.0 Å². The van der Waals surface area contributed by atoms with E-state index in [4.69, 9.17) is 4.74 Å². The lowest BCUT2D eigenvalue weighted by atomic mass is 9.89. The molecule has 0 saturated heterocycles. The van der Waals surface area contributed by atoms with Crippen molar-refractivity contribution in [1.29, 1.82) is 0 Å². The summed E-state index contributed by atoms with van der Waals surface area (Å²) >= 11 is 0. The molecule has 1 aromatic rings. The van der Waals surface area contributed by atoms with Crippen LogP contribution in [0, 0.1) is 5.92 Å². The summed E-state index contributed by atoms with van der Waals surface area (Å²) in [5.41, 5.74) is -0.00655. The molecule has 0 atom stereocenters. The van der Waals surface area contributed by atoms with Gasteiger partial charge in [0.25, 0.3) is 0 Å². The van der Waals surface area contributed by atoms with E-state index >= 15 is 0 Å². The third-order valence-corrected chi connectivity index (χ3v) is 3.00. The highest BCUT2D eigenvalue weighted by Gasteiger charge is 2.19. The molecule has 0 amide bonds. The van der Waals surface area contributed by atoms with Crippen LogP contribution in [0.2, 0.25) is 0 Å². The number of H-pyrrole nitrogens is 1. The van der Waals surface area contributed by atoms with E-state index in [9.17, 15) is 4.79 Å². The fourth-order valence-electron chi connectivity index (χ4n) is 2.02. The summed E-state index contributed by atoms with van der Waals surface area (Å²) in [6, 6.07) is 3.01. The maximum absolute atomic E-state index is 11.1. The van der Waals surface area contributed by atoms with E-state index in [1.807, 2.05) is 0 Å². The molecule has 1 heterocycles. The molecular formula is C12H17NO2. The van der Waals surface area contributed by atoms with Crippen LogP contribution in [0.5, 0.6) is 5.88 Å². The summed E-state index contributed by atoms with van der Waals surface area (Å²) in [6.45, 7) is 2.28. The molecule has 82 valence electrons. The second-order valence-electron chi connectivity index (χ2n) is 4.39. The topological polar surface area (TPSA) is 42.1 Å². The molecule has 3 nitrogen and oxygen atoms in total. The predicted octanol–water partition coefficient (Wildman–Crippen LogP) is 2.33. The summed E-state index contributed by atoms with van der Waals surface area (Å²) in [4.78, 5) is 14.0. The van der Waals surface area contributed by atoms with Crippen molar-refractivity contribution < 1.29 is 4.74 Å². The Morgan fingerprint density at radius 2 is 2.07 bits per heavy atom. The van der Waals surface area contributed by atoms with Crippen molar-refractivity contribution >= 4 is 0 Å². The molecule has 15 heavy (non-hydrogen) atoms. The lowest BCUT2D eigenvalue weighted by Crippen LogP contribution is -2.23. The molecule has 0 bridgehead atoms. The van der Waals surface area contributed by atoms with Gasteiger partial charge in [0, 0.05) is 18.3 Å². The molecule has 2 rings (SSSR count). The van der Waals surface area contributed by atoms with E-state index in [0.717, 1.165) is 18.8 Å². The monoisotopic (exact) mass is 207 g/mol. The number of hydrogen-bond donors (Lipinski definition) is 1. The van der Waals surface area contributed by atoms with Gasteiger partial charge < -0.3 is 9.72 Å². The fraction of sp³-hybridized carbons (Fsp3) is 0.583. The Hall–Kier alpha value is -1.25. The maximum atomic E-state index is 11.1. The normalized spacial score (nSPS) is 26.2. The van der Waals surface area contributed by atoms with Gasteiger partial charge in [-0.05, 0) is 31.6 Å². The molecule has 1 saturated carbocycles. The zero-order valence-electron chi connectivity index (χ0n) is 9.03. The van der Waals surface area contributed by atoms with Crippen LogP contribution in [-0.2, 0) is 0 Å². The largest absolute Gasteiger partial charge is 0.476 e. The van der Waals surface area contributed by atoms with Crippen LogP contribution in [0.4, 0.5) is 0 Å². The first-order valence-corrected chi connectivity index (χ1v) is 5.59. The van der Waals surface area contributed by atoms with Crippen LogP contribution in [0.1, 0.15) is 32.6 Å². The second kappa shape index (κ2) is 4.51. The third kappa shape index (κ3) is 2.85. The Balaban J connectivity index is 1.94. The van der Waals surface area contributed by atoms with E-state index in [1.54, 1.807) is 6.20 Å². The predicted molar refractivity (Wildman–Crippen MR) is 59.1 cm³/mol. The molecule has 1 fully saturated rings. The van der Waals surface area contributed by atoms with E-state index < -0.39 is 0 Å². The van der Waals surface area contributed by atoms with Crippen LogP contribution in [-0.4, -0.2) is 11.1 Å². The Morgan fingerprint density at radius 3 is 2.73 bits per heavy atom. The van der Waals surface area contributed by atoms with E-state index in [2.05, 4.69) is 11.9 Å². The number of ether oxygens (including phenoxy) is 1. The quantitative estimate of drug-likeness (QED) is 0.808. The van der Waals surface area contributed by atoms with Crippen molar-refractivity contribution in [2.75, 3.05) is 0 Å². The van der Waals surface area contributed by atoms with E-state index in [0.29, 0.717) is 5.88 Å². The van der Waals surface area contributed by atoms with Crippen LogP contribution >= 0.6 is 0 Å². The SMILES string of the molecule is CC1CCC(Oc2cc(=O)cc[nH]2)CC1. The number of hydrogen-bond acceptors (Lipinski definition) is 2. The van der Waals surface area contributed by atoms with Gasteiger partial charge in [-0.2, -0.15) is 0 Å². The van der Waals surface area contributed by atoms with Crippen LogP contribution in [0.3, 0.4) is 0 Å². The molecule has 1 aliphatic carbocycles. The van der Waals surface area contributed by atoms with Crippen LogP contribution in [0.25, 0.3) is 0 Å². The Labute approximate surface area is 89.5 Å². The third-order valence-electron chi connectivity index (χ3n) is 3.00. The minimum atomic E-state index is -0.00655. The fourth-order valence-corrected chi connectivity index (χ4v) is 2.02. The molecule has 0 aromatic carbocycles. The van der Waals surface area contributed by atoms with Crippen molar-refractivity contribution in [3.8, 4) is 5.88 Å². The van der Waals surface area contributed by atoms with Gasteiger partial charge in [-0.3, -0.25) is 4.79 Å². The van der Waals surface area contributed by atoms with Crippen LogP contribution in [0.15, 0.2) is 23.1 Å². The highest BCUT2D eigenvalue weighted by Crippen LogP contribution is 2.25. The summed E-state index contributed by atoms with van der Waals surface area (Å²) < 4.78 is 5.73. The number of pyridine rings is 1. The first-order chi connectivity index (χ1) is 7.24. The lowest BCUT2D eigenvalue weighted by molar-refractivity contribution is 0.130. The van der Waals surface area contributed by atoms with Gasteiger partial charge in [-0.15, -0.1) is 0 Å². The van der Waals surface area contributed by atoms with Gasteiger partial charge in [0.1, 0.15) is 6.10 Å². The van der Waals surface area contributed by atoms with Crippen molar-refractivity contribution in [3.63, 3.8) is 0 Å². The minimum Gasteiger partial charge on any atom is -0.476 e. The molecule has 0 spiro atoms. The van der Waals surface area contributed by atoms with Gasteiger partial charge in [0.2, 0.25) is 0 Å². The number of aromatic amines is 1. The number of nitrogens with one attached hydrogen (secondary N) is 1. The van der Waals surface area contributed by atoms with Crippen molar-refractivity contribution in [2.24, 2.45) is 5.92 Å². The first kappa shape index (κ1) is 10.3. The first-order valence-electron chi connectivity index (χ1n) is 5.59. The molecular weight excluding hydrogens is 190 g/mol. The zero-order valence-corrected chi connectivity index (χ0v) is 9.03. The lowest BCUT2D eigenvalue weighted by Gasteiger charge is -2.26. The summed E-state index contributed by atoms with van der Waals surface area (Å²) in [5, 5.41) is 0. The van der Waals surface area contributed by atoms with Crippen molar-refractivity contribution in [1.82, 2.24) is 4.98 Å². The molecule has 1 N–H and O–H groups in total. The molecule has 0 aliphatic heterocycles. The van der Waals surface area contributed by atoms with Crippen molar-refractivity contribution in [3.05, 3.63) is 28.6 Å². The molecule has 1 aliphatic rings. The Bertz CT molecular complexity index is 364. The molecule has 1 aromatic heterocycles. The highest BCUT2D eigenvalue weighted by molar-refractivity contribution is 5.10. The Morgan fingerprint density at radius 1 is 1.33 bits per heavy atom. The van der Waals surface area contributed by atoms with Crippen molar-refractivity contribution in [2.45, 2.75) is 38.7 Å². The van der Waals surface area contributed by atoms with Gasteiger partial charge >= 0.3 is 0 Å². The number of aromatic nitrogens is 1. The maximum Gasteiger partial charge on any atom is 0.194 e. The smallest absolute Gasteiger partial charge is 0.194 e. The number of rotatable bonds is 2. The standard InChI is InChI=1S/C12H17NO2/c1-9-2-4-11(5-3-9)15-12-8-10(14)6-7-13-12/h6-9,11H,2-5H2,1H3,(H,13,14). The highest BCUT2D eigenvalue weighted by atomic mass is 16.5. The molecule has 3 heteroatoms. The average Bonchev–Trinajstić information content (AvgIpc) is 2.22. The van der Waals surface area contributed by atoms with Gasteiger partial charge in [0.15, 0.2) is 11.3 Å². The van der Waals surface area contributed by atoms with Gasteiger partial charge in [-0.1, -0.05) is 6.92 Å². The van der Waals surface area contributed by atoms with Gasteiger partial charge in [0.05, 0.1) is 0 Å². The van der Waals surface area contributed by atoms with Crippen LogP contribution < -0.4 is 10.2 Å². The Kier molecular flexibility index (Phi) is 3.09. The minimum absolute atomic E-state index is 0.00655. The molecule has 0 radical (unpaired) electrons.